The third-order valence-electron chi connectivity index (χ3n) is 0.925. The van der Waals surface area contributed by atoms with E-state index in [1.807, 2.05) is 6.92 Å². The van der Waals surface area contributed by atoms with Gasteiger partial charge in [0.15, 0.2) is 0 Å². The van der Waals surface area contributed by atoms with Crippen LogP contribution in [0.1, 0.15) is 5.69 Å². The summed E-state index contributed by atoms with van der Waals surface area (Å²) in [5.41, 5.74) is 0.762. The molecule has 5 heteroatoms. The van der Waals surface area contributed by atoms with Crippen molar-refractivity contribution in [3.63, 3.8) is 0 Å². The van der Waals surface area contributed by atoms with Gasteiger partial charge in [-0.1, -0.05) is 23.8 Å². The van der Waals surface area contributed by atoms with Crippen molar-refractivity contribution in [1.29, 1.82) is 0 Å². The van der Waals surface area contributed by atoms with Gasteiger partial charge in [-0.2, -0.15) is 0 Å². The predicted molar refractivity (Wildman–Crippen MR) is 44.9 cm³/mol. The minimum atomic E-state index is 0. The smallest absolute Gasteiger partial charge is 0.145 e. The topological polar surface area (TPSA) is 28.7 Å². The summed E-state index contributed by atoms with van der Waals surface area (Å²) in [7, 11) is 0. The number of halogens is 1. The number of aromatic nitrogens is 2. The number of aromatic amines is 1. The molecule has 2 nitrogen and oxygen atoms in total. The Balaban J connectivity index is 0.000000810. The molecule has 1 aromatic heterocycles. The predicted octanol–water partition coefficient (Wildman–Crippen LogP) is 1.72. The van der Waals surface area contributed by atoms with Crippen LogP contribution in [-0.2, 0) is 0 Å². The molecule has 0 amide bonds. The monoisotopic (exact) mass is 183 g/mol. The van der Waals surface area contributed by atoms with E-state index in [4.69, 9.17) is 23.8 Å². The first kappa shape index (κ1) is 10.6. The summed E-state index contributed by atoms with van der Waals surface area (Å²) < 4.78 is 0.638. The molecule has 0 fully saturated rings. The van der Waals surface area contributed by atoms with Crippen molar-refractivity contribution in [2.75, 3.05) is 0 Å². The van der Waals surface area contributed by atoms with Crippen LogP contribution >= 0.6 is 23.8 Å². The van der Waals surface area contributed by atoms with Gasteiger partial charge in [0.1, 0.15) is 9.79 Å². The molecule has 1 N–H and O–H groups in total. The van der Waals surface area contributed by atoms with E-state index in [2.05, 4.69) is 9.97 Å². The summed E-state index contributed by atoms with van der Waals surface area (Å²) in [6.45, 7) is 1.81. The van der Waals surface area contributed by atoms with E-state index in [0.29, 0.717) is 9.79 Å². The zero-order chi connectivity index (χ0) is 6.85. The van der Waals surface area contributed by atoms with Crippen LogP contribution < -0.4 is 0 Å². The Kier molecular flexibility index (Phi) is 4.73. The van der Waals surface area contributed by atoms with Crippen LogP contribution in [0.4, 0.5) is 0 Å². The van der Waals surface area contributed by atoms with Gasteiger partial charge in [-0.05, 0) is 6.92 Å². The van der Waals surface area contributed by atoms with E-state index in [1.165, 1.54) is 0 Å². The number of aryl methyl sites for hydroxylation is 1. The molecular weight excluding hydrogens is 179 g/mol. The van der Waals surface area contributed by atoms with E-state index in [0.717, 1.165) is 5.69 Å². The van der Waals surface area contributed by atoms with E-state index in [9.17, 15) is 0 Å². The number of rotatable bonds is 0. The Labute approximate surface area is 91.3 Å². The van der Waals surface area contributed by atoms with E-state index < -0.39 is 0 Å². The van der Waals surface area contributed by atoms with Crippen molar-refractivity contribution >= 4 is 53.4 Å². The molecule has 0 aliphatic rings. The molecule has 0 unspecified atom stereocenters. The quantitative estimate of drug-likeness (QED) is 0.490. The van der Waals surface area contributed by atoms with Gasteiger partial charge in [0.25, 0.3) is 0 Å². The van der Waals surface area contributed by atoms with Gasteiger partial charge in [-0.15, -0.1) is 0 Å². The van der Waals surface area contributed by atoms with E-state index in [1.54, 1.807) is 6.20 Å². The maximum absolute atomic E-state index is 5.53. The van der Waals surface area contributed by atoms with Crippen LogP contribution in [0.25, 0.3) is 0 Å². The molecule has 0 saturated heterocycles. The molecule has 0 spiro atoms. The second kappa shape index (κ2) is 4.46. The summed E-state index contributed by atoms with van der Waals surface area (Å²) >= 11 is 10.4. The average Bonchev–Trinajstić information content (AvgIpc) is 1.80. The number of nitrogens with zero attached hydrogens (tertiary/aromatic N) is 1. The molecule has 1 radical (unpaired) electrons. The van der Waals surface area contributed by atoms with Gasteiger partial charge in [0.05, 0.1) is 5.69 Å². The van der Waals surface area contributed by atoms with Crippen molar-refractivity contribution in [3.05, 3.63) is 21.7 Å². The summed E-state index contributed by atoms with van der Waals surface area (Å²) in [5, 5.41) is 0.445. The number of hydrogen-bond acceptors (Lipinski definition) is 2. The maximum Gasteiger partial charge on any atom is 0.145 e. The molecule has 0 saturated carbocycles. The molecule has 10 heavy (non-hydrogen) atoms. The molecule has 0 aromatic carbocycles. The fourth-order valence-corrected chi connectivity index (χ4v) is 0.759. The molecule has 1 rings (SSSR count). The second-order valence-corrected chi connectivity index (χ2v) is 2.43. The number of H-pyrrole nitrogens is 1. The standard InChI is InChI=1S/C5H5ClN2S.Na/c1-3-5(9)7-2-4(6)8-3;/h2H,1H3,(H,7,9);. The normalized spacial score (nSPS) is 8.60. The second-order valence-electron chi connectivity index (χ2n) is 1.64. The minimum Gasteiger partial charge on any atom is -0.349 e. The van der Waals surface area contributed by atoms with Gasteiger partial charge in [-0.3, -0.25) is 0 Å². The van der Waals surface area contributed by atoms with Crippen LogP contribution in [0, 0.1) is 11.6 Å². The molecule has 1 heterocycles. The third kappa shape index (κ3) is 2.68. The first-order valence-electron chi connectivity index (χ1n) is 2.42. The van der Waals surface area contributed by atoms with Crippen molar-refractivity contribution in [2.45, 2.75) is 6.92 Å². The Hall–Kier alpha value is 0.590. The number of hydrogen-bond donors (Lipinski definition) is 1. The Bertz CT molecular complexity index is 273. The summed E-state index contributed by atoms with van der Waals surface area (Å²) in [6, 6.07) is 0. The summed E-state index contributed by atoms with van der Waals surface area (Å²) in [6.07, 6.45) is 1.57. The van der Waals surface area contributed by atoms with Crippen LogP contribution in [-0.4, -0.2) is 39.5 Å². The van der Waals surface area contributed by atoms with Gasteiger partial charge in [0.2, 0.25) is 0 Å². The molecular formula is C5H5ClN2NaS. The average molecular weight is 184 g/mol. The first-order chi connectivity index (χ1) is 4.20. The molecule has 1 aromatic rings. The molecule has 0 aliphatic heterocycles. The van der Waals surface area contributed by atoms with E-state index >= 15 is 0 Å². The van der Waals surface area contributed by atoms with Gasteiger partial charge in [0, 0.05) is 35.8 Å². The van der Waals surface area contributed by atoms with Gasteiger partial charge in [-0.25, -0.2) is 4.98 Å². The Morgan fingerprint density at radius 1 is 1.70 bits per heavy atom. The molecule has 49 valence electrons. The maximum atomic E-state index is 5.53. The Morgan fingerprint density at radius 2 is 2.30 bits per heavy atom. The summed E-state index contributed by atoms with van der Waals surface area (Å²) in [4.78, 5) is 6.69. The van der Waals surface area contributed by atoms with Crippen LogP contribution in [0.15, 0.2) is 6.20 Å². The fraction of sp³-hybridized carbons (Fsp3) is 0.200. The van der Waals surface area contributed by atoms with Crippen LogP contribution in [0.2, 0.25) is 5.15 Å². The molecule has 0 bridgehead atoms. The van der Waals surface area contributed by atoms with Crippen LogP contribution in [0.5, 0.6) is 0 Å². The summed E-state index contributed by atoms with van der Waals surface area (Å²) in [5.74, 6) is 0. The van der Waals surface area contributed by atoms with Crippen molar-refractivity contribution in [2.24, 2.45) is 0 Å². The molecule has 0 aliphatic carbocycles. The third-order valence-corrected chi connectivity index (χ3v) is 1.53. The van der Waals surface area contributed by atoms with Crippen molar-refractivity contribution in [1.82, 2.24) is 9.97 Å². The largest absolute Gasteiger partial charge is 0.349 e. The van der Waals surface area contributed by atoms with Gasteiger partial charge >= 0.3 is 0 Å². The minimum absolute atomic E-state index is 0. The van der Waals surface area contributed by atoms with Crippen molar-refractivity contribution in [3.8, 4) is 0 Å². The van der Waals surface area contributed by atoms with Crippen molar-refractivity contribution < 1.29 is 0 Å². The van der Waals surface area contributed by atoms with Gasteiger partial charge < -0.3 is 4.98 Å². The zero-order valence-corrected chi connectivity index (χ0v) is 9.38. The Morgan fingerprint density at radius 3 is 2.70 bits per heavy atom. The van der Waals surface area contributed by atoms with Crippen LogP contribution in [0.3, 0.4) is 0 Å². The zero-order valence-electron chi connectivity index (χ0n) is 5.81. The van der Waals surface area contributed by atoms with E-state index in [-0.39, 0.29) is 29.6 Å². The molecule has 0 atom stereocenters. The first-order valence-corrected chi connectivity index (χ1v) is 3.20. The fourth-order valence-electron chi connectivity index (χ4n) is 0.473. The SMILES string of the molecule is Cc1nc(Cl)c[nH]c1=S.[Na]. The number of nitrogens with one attached hydrogen (secondary N) is 1.